The standard InChI is InChI=1S/C11H12Cl2N4/c1-2-17-10(15-11(14)16-17)5-7-3-4-8(12)6-9(7)13/h3-4,6H,2,5H2,1H3,(H2,14,16). The van der Waals surface area contributed by atoms with Gasteiger partial charge in [-0.15, -0.1) is 5.10 Å². The van der Waals surface area contributed by atoms with E-state index < -0.39 is 0 Å². The summed E-state index contributed by atoms with van der Waals surface area (Å²) in [6.07, 6.45) is 0.591. The minimum absolute atomic E-state index is 0.284. The van der Waals surface area contributed by atoms with Gasteiger partial charge in [-0.3, -0.25) is 0 Å². The smallest absolute Gasteiger partial charge is 0.239 e. The second-order valence-corrected chi connectivity index (χ2v) is 4.46. The van der Waals surface area contributed by atoms with Crippen molar-refractivity contribution in [1.82, 2.24) is 14.8 Å². The van der Waals surface area contributed by atoms with Gasteiger partial charge in [0.2, 0.25) is 5.95 Å². The predicted octanol–water partition coefficient (Wildman–Crippen LogP) is 2.78. The van der Waals surface area contributed by atoms with Crippen LogP contribution in [-0.4, -0.2) is 14.8 Å². The van der Waals surface area contributed by atoms with E-state index >= 15 is 0 Å². The number of hydrogen-bond acceptors (Lipinski definition) is 3. The van der Waals surface area contributed by atoms with Gasteiger partial charge in [0.25, 0.3) is 0 Å². The fraction of sp³-hybridized carbons (Fsp3) is 0.273. The van der Waals surface area contributed by atoms with Gasteiger partial charge in [-0.25, -0.2) is 4.68 Å². The number of nitrogens with two attached hydrogens (primary N) is 1. The number of halogens is 2. The van der Waals surface area contributed by atoms with Crippen molar-refractivity contribution in [2.75, 3.05) is 5.73 Å². The Labute approximate surface area is 109 Å². The van der Waals surface area contributed by atoms with Crippen LogP contribution in [0.1, 0.15) is 18.3 Å². The number of aromatic nitrogens is 3. The van der Waals surface area contributed by atoms with Crippen molar-refractivity contribution < 1.29 is 0 Å². The van der Waals surface area contributed by atoms with Gasteiger partial charge >= 0.3 is 0 Å². The molecule has 1 aromatic carbocycles. The molecule has 4 nitrogen and oxygen atoms in total. The summed E-state index contributed by atoms with van der Waals surface area (Å²) in [6.45, 7) is 2.71. The first kappa shape index (κ1) is 12.2. The first-order valence-electron chi connectivity index (χ1n) is 5.23. The predicted molar refractivity (Wildman–Crippen MR) is 69.4 cm³/mol. The first-order chi connectivity index (χ1) is 8.10. The maximum Gasteiger partial charge on any atom is 0.239 e. The van der Waals surface area contributed by atoms with E-state index in [4.69, 9.17) is 28.9 Å². The van der Waals surface area contributed by atoms with Crippen LogP contribution in [0, 0.1) is 0 Å². The summed E-state index contributed by atoms with van der Waals surface area (Å²) in [5.74, 6) is 1.08. The van der Waals surface area contributed by atoms with Crippen molar-refractivity contribution in [3.63, 3.8) is 0 Å². The number of rotatable bonds is 3. The molecule has 0 fully saturated rings. The zero-order chi connectivity index (χ0) is 12.4. The van der Waals surface area contributed by atoms with Gasteiger partial charge in [0, 0.05) is 23.0 Å². The lowest BCUT2D eigenvalue weighted by Gasteiger charge is -2.05. The van der Waals surface area contributed by atoms with Crippen LogP contribution in [0.5, 0.6) is 0 Å². The molecule has 0 aliphatic heterocycles. The van der Waals surface area contributed by atoms with E-state index in [-0.39, 0.29) is 5.95 Å². The van der Waals surface area contributed by atoms with Gasteiger partial charge in [-0.1, -0.05) is 29.3 Å². The first-order valence-corrected chi connectivity index (χ1v) is 5.99. The molecule has 1 aromatic heterocycles. The Morgan fingerprint density at radius 1 is 1.35 bits per heavy atom. The largest absolute Gasteiger partial charge is 0.366 e. The molecular weight excluding hydrogens is 259 g/mol. The van der Waals surface area contributed by atoms with Gasteiger partial charge in [-0.05, 0) is 24.6 Å². The molecule has 0 amide bonds. The minimum atomic E-state index is 0.284. The third kappa shape index (κ3) is 2.70. The fourth-order valence-corrected chi connectivity index (χ4v) is 2.09. The van der Waals surface area contributed by atoms with E-state index in [1.165, 1.54) is 0 Å². The highest BCUT2D eigenvalue weighted by Gasteiger charge is 2.09. The van der Waals surface area contributed by atoms with E-state index in [1.807, 2.05) is 13.0 Å². The highest BCUT2D eigenvalue weighted by atomic mass is 35.5. The molecule has 0 aliphatic carbocycles. The number of nitrogens with zero attached hydrogens (tertiary/aromatic N) is 3. The lowest BCUT2D eigenvalue weighted by atomic mass is 10.1. The summed E-state index contributed by atoms with van der Waals surface area (Å²) in [5, 5.41) is 5.33. The van der Waals surface area contributed by atoms with Crippen molar-refractivity contribution in [3.05, 3.63) is 39.6 Å². The Kier molecular flexibility index (Phi) is 3.54. The molecule has 0 saturated heterocycles. The van der Waals surface area contributed by atoms with Crippen LogP contribution in [0.25, 0.3) is 0 Å². The van der Waals surface area contributed by atoms with Crippen molar-refractivity contribution in [1.29, 1.82) is 0 Å². The van der Waals surface area contributed by atoms with Crippen LogP contribution in [0.15, 0.2) is 18.2 Å². The van der Waals surface area contributed by atoms with E-state index in [2.05, 4.69) is 10.1 Å². The van der Waals surface area contributed by atoms with Crippen LogP contribution in [0.3, 0.4) is 0 Å². The third-order valence-electron chi connectivity index (χ3n) is 2.43. The molecule has 90 valence electrons. The molecule has 6 heteroatoms. The lowest BCUT2D eigenvalue weighted by molar-refractivity contribution is 0.626. The highest BCUT2D eigenvalue weighted by molar-refractivity contribution is 6.35. The van der Waals surface area contributed by atoms with Crippen LogP contribution in [-0.2, 0) is 13.0 Å². The monoisotopic (exact) mass is 270 g/mol. The summed E-state index contributed by atoms with van der Waals surface area (Å²) in [7, 11) is 0. The van der Waals surface area contributed by atoms with Gasteiger partial charge in [0.05, 0.1) is 0 Å². The average molecular weight is 271 g/mol. The van der Waals surface area contributed by atoms with Gasteiger partial charge < -0.3 is 5.73 Å². The number of aryl methyl sites for hydroxylation is 1. The summed E-state index contributed by atoms with van der Waals surface area (Å²) in [6, 6.07) is 5.41. The van der Waals surface area contributed by atoms with Crippen molar-refractivity contribution >= 4 is 29.2 Å². The quantitative estimate of drug-likeness (QED) is 0.933. The van der Waals surface area contributed by atoms with Gasteiger partial charge in [0.1, 0.15) is 5.82 Å². The topological polar surface area (TPSA) is 56.7 Å². The molecule has 0 spiro atoms. The summed E-state index contributed by atoms with van der Waals surface area (Å²) >= 11 is 12.0. The molecule has 1 heterocycles. The molecule has 17 heavy (non-hydrogen) atoms. The molecule has 2 N–H and O–H groups in total. The molecule has 0 unspecified atom stereocenters. The highest BCUT2D eigenvalue weighted by Crippen LogP contribution is 2.23. The molecule has 0 aliphatic rings. The van der Waals surface area contributed by atoms with E-state index in [0.717, 1.165) is 17.9 Å². The summed E-state index contributed by atoms with van der Waals surface area (Å²) in [5.41, 5.74) is 6.53. The Balaban J connectivity index is 2.30. The van der Waals surface area contributed by atoms with E-state index in [9.17, 15) is 0 Å². The Hall–Kier alpha value is -1.26. The zero-order valence-corrected chi connectivity index (χ0v) is 10.8. The number of benzene rings is 1. The molecule has 0 saturated carbocycles. The van der Waals surface area contributed by atoms with Crippen molar-refractivity contribution in [3.8, 4) is 0 Å². The maximum atomic E-state index is 6.11. The molecule has 0 radical (unpaired) electrons. The Morgan fingerprint density at radius 3 is 2.76 bits per heavy atom. The third-order valence-corrected chi connectivity index (χ3v) is 3.01. The Morgan fingerprint density at radius 2 is 2.12 bits per heavy atom. The minimum Gasteiger partial charge on any atom is -0.366 e. The number of hydrogen-bond donors (Lipinski definition) is 1. The molecule has 2 rings (SSSR count). The van der Waals surface area contributed by atoms with E-state index in [0.29, 0.717) is 16.5 Å². The normalized spacial score (nSPS) is 10.8. The van der Waals surface area contributed by atoms with Crippen molar-refractivity contribution in [2.24, 2.45) is 0 Å². The van der Waals surface area contributed by atoms with Crippen LogP contribution >= 0.6 is 23.2 Å². The summed E-state index contributed by atoms with van der Waals surface area (Å²) in [4.78, 5) is 4.18. The van der Waals surface area contributed by atoms with Crippen LogP contribution in [0.4, 0.5) is 5.95 Å². The lowest BCUT2D eigenvalue weighted by Crippen LogP contribution is -2.04. The molecule has 2 aromatic rings. The average Bonchev–Trinajstić information content (AvgIpc) is 2.63. The van der Waals surface area contributed by atoms with Gasteiger partial charge in [0.15, 0.2) is 0 Å². The molecule has 0 bridgehead atoms. The maximum absolute atomic E-state index is 6.11. The van der Waals surface area contributed by atoms with E-state index in [1.54, 1.807) is 16.8 Å². The summed E-state index contributed by atoms with van der Waals surface area (Å²) < 4.78 is 1.76. The fourth-order valence-electron chi connectivity index (χ4n) is 1.61. The second kappa shape index (κ2) is 4.94. The SMILES string of the molecule is CCn1nc(N)nc1Cc1ccc(Cl)cc1Cl. The number of anilines is 1. The molecular formula is C11H12Cl2N4. The van der Waals surface area contributed by atoms with Gasteiger partial charge in [-0.2, -0.15) is 4.98 Å². The van der Waals surface area contributed by atoms with Crippen LogP contribution in [0.2, 0.25) is 10.0 Å². The van der Waals surface area contributed by atoms with Crippen LogP contribution < -0.4 is 5.73 Å². The zero-order valence-electron chi connectivity index (χ0n) is 9.32. The van der Waals surface area contributed by atoms with Crippen molar-refractivity contribution in [2.45, 2.75) is 19.9 Å². The Bertz CT molecular complexity index is 536. The number of nitrogen functional groups attached to an aromatic ring is 1. The molecule has 0 atom stereocenters. The second-order valence-electron chi connectivity index (χ2n) is 3.61.